The Kier molecular flexibility index (Phi) is 4.55. The highest BCUT2D eigenvalue weighted by atomic mass is 16.5. The van der Waals surface area contributed by atoms with Crippen LogP contribution in [0.3, 0.4) is 0 Å². The van der Waals surface area contributed by atoms with Crippen LogP contribution in [0.2, 0.25) is 0 Å². The van der Waals surface area contributed by atoms with Crippen LogP contribution in [0.25, 0.3) is 27.2 Å². The monoisotopic (exact) mass is 387 g/mol. The van der Waals surface area contributed by atoms with E-state index in [9.17, 15) is 4.79 Å². The van der Waals surface area contributed by atoms with Crippen molar-refractivity contribution < 1.29 is 9.53 Å². The lowest BCUT2D eigenvalue weighted by Crippen LogP contribution is -2.23. The highest BCUT2D eigenvalue weighted by molar-refractivity contribution is 5.90. The molecule has 0 aliphatic heterocycles. The molecule has 1 aliphatic rings. The fourth-order valence-electron chi connectivity index (χ4n) is 3.55. The van der Waals surface area contributed by atoms with Crippen LogP contribution in [-0.2, 0) is 22.0 Å². The summed E-state index contributed by atoms with van der Waals surface area (Å²) < 4.78 is 6.84. The van der Waals surface area contributed by atoms with Crippen LogP contribution in [0.5, 0.6) is 0 Å². The Morgan fingerprint density at radius 3 is 2.59 bits per heavy atom. The Labute approximate surface area is 169 Å². The third-order valence-electron chi connectivity index (χ3n) is 5.41. The largest absolute Gasteiger partial charge is 0.465 e. The number of carbonyl (C=O) groups is 1. The number of benzene rings is 1. The van der Waals surface area contributed by atoms with Crippen LogP contribution in [0.15, 0.2) is 42.7 Å². The molecule has 29 heavy (non-hydrogen) atoms. The van der Waals surface area contributed by atoms with Gasteiger partial charge in [0.1, 0.15) is 5.82 Å². The van der Waals surface area contributed by atoms with Crippen LogP contribution in [0, 0.1) is 6.57 Å². The van der Waals surface area contributed by atoms with Gasteiger partial charge in [0, 0.05) is 13.2 Å². The SMILES string of the molecule is [C-]#[N+]c1cc(-c2ccc(-c3cnn(C)c3N)nc2)ccc1C1(C(=O)OCC)CC1. The summed E-state index contributed by atoms with van der Waals surface area (Å²) >= 11 is 0. The molecule has 3 aromatic rings. The number of carbonyl (C=O) groups excluding carboxylic acids is 1. The van der Waals surface area contributed by atoms with Crippen molar-refractivity contribution in [1.82, 2.24) is 14.8 Å². The lowest BCUT2D eigenvalue weighted by Gasteiger charge is -2.16. The fourth-order valence-corrected chi connectivity index (χ4v) is 3.55. The molecular formula is C22H21N5O2. The van der Waals surface area contributed by atoms with E-state index in [0.717, 1.165) is 40.8 Å². The van der Waals surface area contributed by atoms with E-state index >= 15 is 0 Å². The molecule has 1 aromatic carbocycles. The lowest BCUT2D eigenvalue weighted by atomic mass is 9.92. The highest BCUT2D eigenvalue weighted by Gasteiger charge is 2.53. The van der Waals surface area contributed by atoms with Crippen LogP contribution in [-0.4, -0.2) is 27.3 Å². The van der Waals surface area contributed by atoms with Gasteiger partial charge in [0.2, 0.25) is 0 Å². The molecule has 0 radical (unpaired) electrons. The number of ether oxygens (including phenoxy) is 1. The zero-order chi connectivity index (χ0) is 20.6. The molecule has 0 bridgehead atoms. The minimum absolute atomic E-state index is 0.238. The number of aryl methyl sites for hydroxylation is 1. The van der Waals surface area contributed by atoms with Gasteiger partial charge in [-0.05, 0) is 48.6 Å². The van der Waals surface area contributed by atoms with Crippen LogP contribution < -0.4 is 5.73 Å². The molecule has 1 saturated carbocycles. The molecule has 4 rings (SSSR count). The molecule has 7 nitrogen and oxygen atoms in total. The quantitative estimate of drug-likeness (QED) is 0.530. The average Bonchev–Trinajstić information content (AvgIpc) is 3.49. The molecular weight excluding hydrogens is 366 g/mol. The van der Waals surface area contributed by atoms with Gasteiger partial charge >= 0.3 is 5.97 Å². The number of hydrogen-bond acceptors (Lipinski definition) is 5. The Hall–Kier alpha value is -3.66. The number of esters is 1. The number of hydrogen-bond donors (Lipinski definition) is 1. The number of anilines is 1. The average molecular weight is 387 g/mol. The molecule has 0 spiro atoms. The van der Waals surface area contributed by atoms with Gasteiger partial charge in [0.15, 0.2) is 5.69 Å². The first-order valence-electron chi connectivity index (χ1n) is 9.43. The lowest BCUT2D eigenvalue weighted by molar-refractivity contribution is -0.146. The van der Waals surface area contributed by atoms with Crippen molar-refractivity contribution in [3.8, 4) is 22.4 Å². The summed E-state index contributed by atoms with van der Waals surface area (Å²) in [7, 11) is 1.78. The molecule has 2 aromatic heterocycles. The second kappa shape index (κ2) is 7.06. The summed E-state index contributed by atoms with van der Waals surface area (Å²) in [6, 6.07) is 9.44. The predicted molar refractivity (Wildman–Crippen MR) is 110 cm³/mol. The van der Waals surface area contributed by atoms with Crippen molar-refractivity contribution in [3.63, 3.8) is 0 Å². The minimum atomic E-state index is -0.658. The molecule has 0 unspecified atom stereocenters. The smallest absolute Gasteiger partial charge is 0.315 e. The minimum Gasteiger partial charge on any atom is -0.465 e. The van der Waals surface area contributed by atoms with E-state index in [1.54, 1.807) is 31.0 Å². The first kappa shape index (κ1) is 18.7. The van der Waals surface area contributed by atoms with Gasteiger partial charge in [0.25, 0.3) is 0 Å². The van der Waals surface area contributed by atoms with Gasteiger partial charge in [-0.15, -0.1) is 0 Å². The molecule has 2 heterocycles. The second-order valence-corrected chi connectivity index (χ2v) is 7.15. The van der Waals surface area contributed by atoms with Crippen LogP contribution in [0.4, 0.5) is 11.5 Å². The number of nitrogens with zero attached hydrogens (tertiary/aromatic N) is 4. The second-order valence-electron chi connectivity index (χ2n) is 7.15. The van der Waals surface area contributed by atoms with E-state index in [1.807, 2.05) is 30.3 Å². The van der Waals surface area contributed by atoms with Gasteiger partial charge in [-0.25, -0.2) is 4.85 Å². The van der Waals surface area contributed by atoms with E-state index < -0.39 is 5.41 Å². The molecule has 1 fully saturated rings. The molecule has 2 N–H and O–H groups in total. The van der Waals surface area contributed by atoms with Crippen molar-refractivity contribution in [3.05, 3.63) is 59.7 Å². The van der Waals surface area contributed by atoms with Gasteiger partial charge < -0.3 is 10.5 Å². The summed E-state index contributed by atoms with van der Waals surface area (Å²) in [6.07, 6.45) is 4.88. The van der Waals surface area contributed by atoms with Gasteiger partial charge in [-0.1, -0.05) is 18.2 Å². The maximum atomic E-state index is 12.4. The van der Waals surface area contributed by atoms with Crippen molar-refractivity contribution in [1.29, 1.82) is 0 Å². The van der Waals surface area contributed by atoms with Crippen molar-refractivity contribution >= 4 is 17.5 Å². The first-order valence-corrected chi connectivity index (χ1v) is 9.43. The summed E-state index contributed by atoms with van der Waals surface area (Å²) in [6.45, 7) is 9.73. The third kappa shape index (κ3) is 3.13. The number of nitrogens with two attached hydrogens (primary N) is 1. The summed E-state index contributed by atoms with van der Waals surface area (Å²) in [5.74, 6) is 0.316. The Morgan fingerprint density at radius 1 is 1.28 bits per heavy atom. The zero-order valence-electron chi connectivity index (χ0n) is 16.3. The normalized spacial score (nSPS) is 14.2. The predicted octanol–water partition coefficient (Wildman–Crippen LogP) is 3.88. The number of aromatic nitrogens is 3. The molecule has 146 valence electrons. The number of nitrogen functional groups attached to an aromatic ring is 1. The molecule has 0 amide bonds. The van der Waals surface area contributed by atoms with Crippen LogP contribution >= 0.6 is 0 Å². The maximum Gasteiger partial charge on any atom is 0.315 e. The Morgan fingerprint density at radius 2 is 2.03 bits per heavy atom. The van der Waals surface area contributed by atoms with Gasteiger partial charge in [-0.3, -0.25) is 14.5 Å². The molecule has 0 atom stereocenters. The Bertz CT molecular complexity index is 1120. The summed E-state index contributed by atoms with van der Waals surface area (Å²) in [5.41, 5.74) is 9.87. The zero-order valence-corrected chi connectivity index (χ0v) is 16.3. The van der Waals surface area contributed by atoms with Crippen LogP contribution in [0.1, 0.15) is 25.3 Å². The van der Waals surface area contributed by atoms with Gasteiger partial charge in [0.05, 0.1) is 36.0 Å². The van der Waals surface area contributed by atoms with Crippen molar-refractivity contribution in [2.45, 2.75) is 25.2 Å². The third-order valence-corrected chi connectivity index (χ3v) is 5.41. The van der Waals surface area contributed by atoms with E-state index in [0.29, 0.717) is 18.1 Å². The topological polar surface area (TPSA) is 87.4 Å². The van der Waals surface area contributed by atoms with E-state index in [1.165, 1.54) is 0 Å². The molecule has 7 heteroatoms. The Balaban J connectivity index is 1.66. The highest BCUT2D eigenvalue weighted by Crippen LogP contribution is 2.52. The molecule has 0 saturated heterocycles. The summed E-state index contributed by atoms with van der Waals surface area (Å²) in [5, 5.41) is 4.14. The standard InChI is InChI=1S/C22H21N5O2/c1-4-29-21(28)22(9-10-22)17-7-5-14(11-19(17)24-2)15-6-8-18(25-12-15)16-13-26-27(3)20(16)23/h5-8,11-13H,4,9-10,23H2,1,3H3. The van der Waals surface area contributed by atoms with Gasteiger partial charge in [-0.2, -0.15) is 5.10 Å². The maximum absolute atomic E-state index is 12.4. The van der Waals surface area contributed by atoms with Crippen molar-refractivity contribution in [2.24, 2.45) is 7.05 Å². The first-order chi connectivity index (χ1) is 14.0. The number of rotatable bonds is 5. The van der Waals surface area contributed by atoms with E-state index in [-0.39, 0.29) is 5.97 Å². The van der Waals surface area contributed by atoms with E-state index in [2.05, 4.69) is 14.9 Å². The van der Waals surface area contributed by atoms with Crippen molar-refractivity contribution in [2.75, 3.05) is 12.3 Å². The molecule has 1 aliphatic carbocycles. The summed E-state index contributed by atoms with van der Waals surface area (Å²) in [4.78, 5) is 20.6. The number of pyridine rings is 1. The van der Waals surface area contributed by atoms with E-state index in [4.69, 9.17) is 17.0 Å². The fraction of sp³-hybridized carbons (Fsp3) is 0.273.